The van der Waals surface area contributed by atoms with Gasteiger partial charge in [0.1, 0.15) is 0 Å². The Kier molecular flexibility index (Phi) is 7.23. The van der Waals surface area contributed by atoms with Crippen LogP contribution in [0.4, 0.5) is 0 Å². The fourth-order valence-corrected chi connectivity index (χ4v) is 11.8. The summed E-state index contributed by atoms with van der Waals surface area (Å²) in [6, 6.07) is 73.3. The summed E-state index contributed by atoms with van der Waals surface area (Å²) in [6.45, 7) is 9.79. The Morgan fingerprint density at radius 1 is 0.242 bits per heavy atom. The zero-order valence-corrected chi connectivity index (χ0v) is 35.5. The molecule has 0 atom stereocenters. The summed E-state index contributed by atoms with van der Waals surface area (Å²) >= 11 is 0. The number of rotatable bonds is 3. The maximum absolute atomic E-state index is 2.58. The average molecular weight is 789 g/mol. The van der Waals surface area contributed by atoms with Gasteiger partial charge in [-0.2, -0.15) is 0 Å². The summed E-state index contributed by atoms with van der Waals surface area (Å²) in [5.41, 5.74) is 18.4. The molecule has 0 heteroatoms. The monoisotopic (exact) mass is 788 g/mol. The summed E-state index contributed by atoms with van der Waals surface area (Å²) in [5.74, 6) is 0. The second-order valence-corrected chi connectivity index (χ2v) is 18.7. The van der Waals surface area contributed by atoms with E-state index in [2.05, 4.69) is 222 Å². The van der Waals surface area contributed by atoms with Crippen molar-refractivity contribution in [1.29, 1.82) is 0 Å². The lowest BCUT2D eigenvalue weighted by Gasteiger charge is -2.25. The lowest BCUT2D eigenvalue weighted by atomic mass is 9.77. The van der Waals surface area contributed by atoms with Crippen LogP contribution < -0.4 is 0 Å². The van der Waals surface area contributed by atoms with E-state index in [1.165, 1.54) is 132 Å². The van der Waals surface area contributed by atoms with Gasteiger partial charge in [0, 0.05) is 10.8 Å². The van der Waals surface area contributed by atoms with E-state index >= 15 is 0 Å². The molecule has 0 unspecified atom stereocenters. The highest BCUT2D eigenvalue weighted by Gasteiger charge is 2.41. The summed E-state index contributed by atoms with van der Waals surface area (Å²) < 4.78 is 0. The van der Waals surface area contributed by atoms with Crippen LogP contribution in [-0.4, -0.2) is 0 Å². The van der Waals surface area contributed by atoms with Crippen LogP contribution in [0.1, 0.15) is 49.9 Å². The lowest BCUT2D eigenvalue weighted by molar-refractivity contribution is 0.660. The smallest absolute Gasteiger partial charge is 0.0159 e. The number of fused-ring (bicyclic) bond motifs is 15. The number of hydrogen-bond donors (Lipinski definition) is 0. The van der Waals surface area contributed by atoms with Gasteiger partial charge >= 0.3 is 0 Å². The van der Waals surface area contributed by atoms with Crippen LogP contribution in [0.25, 0.3) is 109 Å². The van der Waals surface area contributed by atoms with E-state index in [1.54, 1.807) is 0 Å². The molecule has 0 heterocycles. The van der Waals surface area contributed by atoms with Gasteiger partial charge in [-0.25, -0.2) is 0 Å². The van der Waals surface area contributed by atoms with E-state index in [0.29, 0.717) is 0 Å². The zero-order chi connectivity index (χ0) is 41.5. The third kappa shape index (κ3) is 4.67. The summed E-state index contributed by atoms with van der Waals surface area (Å²) in [6.07, 6.45) is 0. The molecule has 0 N–H and O–H groups in total. The number of benzene rings is 11. The highest BCUT2D eigenvalue weighted by Crippen LogP contribution is 2.60. The number of hydrogen-bond acceptors (Lipinski definition) is 0. The molecule has 0 amide bonds. The minimum absolute atomic E-state index is 0.226. The molecule has 11 aromatic rings. The van der Waals surface area contributed by atoms with Gasteiger partial charge in [0.2, 0.25) is 0 Å². The fourth-order valence-electron chi connectivity index (χ4n) is 11.8. The molecule has 0 radical (unpaired) electrons. The van der Waals surface area contributed by atoms with Crippen molar-refractivity contribution >= 4 is 53.9 Å². The first-order valence-corrected chi connectivity index (χ1v) is 22.1. The first-order chi connectivity index (χ1) is 30.3. The van der Waals surface area contributed by atoms with Crippen molar-refractivity contribution in [3.05, 3.63) is 216 Å². The molecule has 2 aliphatic carbocycles. The summed E-state index contributed by atoms with van der Waals surface area (Å²) in [5, 5.41) is 13.0. The SMILES string of the molecule is CC1(C)c2cc(-c3ccccc3)c3ccccc3c2-c2c1cc(-c1cc3c(c4ccccc14)-c1c(cc(-c4cccc5ccccc45)c4ccccc14)C3(C)C)c1ccccc21. The predicted molar refractivity (Wildman–Crippen MR) is 265 cm³/mol. The minimum Gasteiger partial charge on any atom is -0.0622 e. The molecule has 0 aliphatic heterocycles. The molecule has 0 nitrogen and oxygen atoms in total. The Balaban J connectivity index is 1.09. The quantitative estimate of drug-likeness (QED) is 0.167. The molecule has 11 aromatic carbocycles. The maximum Gasteiger partial charge on any atom is 0.0159 e. The average Bonchev–Trinajstić information content (AvgIpc) is 3.70. The lowest BCUT2D eigenvalue weighted by Crippen LogP contribution is -2.16. The normalized spacial score (nSPS) is 14.4. The second kappa shape index (κ2) is 12.6. The Labute approximate surface area is 362 Å². The van der Waals surface area contributed by atoms with Crippen molar-refractivity contribution in [2.45, 2.75) is 38.5 Å². The van der Waals surface area contributed by atoms with Crippen molar-refractivity contribution in [1.82, 2.24) is 0 Å². The standard InChI is InChI=1S/C62H44/c1-61(2)53-33-49(38-19-6-5-7-20-38)41-24-10-14-28-45(41)57(53)59-47-30-16-12-26-43(47)51(35-55(59)61)52-36-56-60(48-31-17-13-27-44(48)52)58-46-29-15-11-25-42(46)50(34-54(58)62(56,3)4)40-32-18-22-37-21-8-9-23-39(37)40/h5-36H,1-4H3. The van der Waals surface area contributed by atoms with Gasteiger partial charge in [0.15, 0.2) is 0 Å². The van der Waals surface area contributed by atoms with Crippen LogP contribution in [0.3, 0.4) is 0 Å². The van der Waals surface area contributed by atoms with Gasteiger partial charge < -0.3 is 0 Å². The highest BCUT2D eigenvalue weighted by atomic mass is 14.4. The van der Waals surface area contributed by atoms with Gasteiger partial charge in [-0.3, -0.25) is 0 Å². The minimum atomic E-state index is -0.248. The Bertz CT molecular complexity index is 3720. The van der Waals surface area contributed by atoms with Crippen molar-refractivity contribution in [2.75, 3.05) is 0 Å². The van der Waals surface area contributed by atoms with E-state index in [-0.39, 0.29) is 10.8 Å². The van der Waals surface area contributed by atoms with E-state index in [0.717, 1.165) is 0 Å². The van der Waals surface area contributed by atoms with E-state index in [1.807, 2.05) is 0 Å². The Morgan fingerprint density at radius 2 is 0.548 bits per heavy atom. The largest absolute Gasteiger partial charge is 0.0622 e. The van der Waals surface area contributed by atoms with Crippen molar-refractivity contribution in [2.24, 2.45) is 0 Å². The molecular formula is C62H44. The first kappa shape index (κ1) is 35.5. The van der Waals surface area contributed by atoms with Gasteiger partial charge in [-0.05, 0) is 156 Å². The van der Waals surface area contributed by atoms with Gasteiger partial charge in [-0.15, -0.1) is 0 Å². The van der Waals surface area contributed by atoms with Crippen LogP contribution >= 0.6 is 0 Å². The topological polar surface area (TPSA) is 0 Å². The van der Waals surface area contributed by atoms with Crippen LogP contribution in [0.15, 0.2) is 194 Å². The van der Waals surface area contributed by atoms with Crippen LogP contribution in [0, 0.1) is 0 Å². The van der Waals surface area contributed by atoms with Gasteiger partial charge in [0.25, 0.3) is 0 Å². The third-order valence-corrected chi connectivity index (χ3v) is 14.8. The molecule has 13 rings (SSSR count). The molecule has 0 saturated carbocycles. The van der Waals surface area contributed by atoms with Crippen LogP contribution in [0.2, 0.25) is 0 Å². The van der Waals surface area contributed by atoms with Crippen molar-refractivity contribution in [3.63, 3.8) is 0 Å². The maximum atomic E-state index is 2.58. The molecule has 0 saturated heterocycles. The van der Waals surface area contributed by atoms with E-state index < -0.39 is 0 Å². The van der Waals surface area contributed by atoms with Crippen molar-refractivity contribution in [3.8, 4) is 55.6 Å². The van der Waals surface area contributed by atoms with Crippen LogP contribution in [-0.2, 0) is 10.8 Å². The molecular weight excluding hydrogens is 745 g/mol. The molecule has 0 bridgehead atoms. The molecule has 62 heavy (non-hydrogen) atoms. The van der Waals surface area contributed by atoms with E-state index in [4.69, 9.17) is 0 Å². The first-order valence-electron chi connectivity index (χ1n) is 22.1. The zero-order valence-electron chi connectivity index (χ0n) is 35.5. The van der Waals surface area contributed by atoms with Crippen molar-refractivity contribution < 1.29 is 0 Å². The summed E-state index contributed by atoms with van der Waals surface area (Å²) in [4.78, 5) is 0. The fraction of sp³-hybridized carbons (Fsp3) is 0.0968. The Morgan fingerprint density at radius 3 is 0.984 bits per heavy atom. The molecule has 2 aliphatic rings. The van der Waals surface area contributed by atoms with Crippen LogP contribution in [0.5, 0.6) is 0 Å². The predicted octanol–water partition coefficient (Wildman–Crippen LogP) is 17.1. The third-order valence-electron chi connectivity index (χ3n) is 14.8. The molecule has 0 spiro atoms. The molecule has 0 fully saturated rings. The highest BCUT2D eigenvalue weighted by molar-refractivity contribution is 6.21. The molecule has 292 valence electrons. The van der Waals surface area contributed by atoms with E-state index in [9.17, 15) is 0 Å². The second-order valence-electron chi connectivity index (χ2n) is 18.7. The Hall–Kier alpha value is -7.28. The van der Waals surface area contributed by atoms with Gasteiger partial charge in [0.05, 0.1) is 0 Å². The summed E-state index contributed by atoms with van der Waals surface area (Å²) in [7, 11) is 0. The molecule has 0 aromatic heterocycles. The van der Waals surface area contributed by atoms with Gasteiger partial charge in [-0.1, -0.05) is 198 Å².